The number of nitrogens with zero attached hydrogens (tertiary/aromatic N) is 2. The molecule has 1 N–H and O–H groups in total. The summed E-state index contributed by atoms with van der Waals surface area (Å²) in [6.07, 6.45) is 0. The molecule has 0 radical (unpaired) electrons. The van der Waals surface area contributed by atoms with E-state index in [9.17, 15) is 0 Å². The van der Waals surface area contributed by atoms with E-state index in [2.05, 4.69) is 41.3 Å². The van der Waals surface area contributed by atoms with E-state index in [-0.39, 0.29) is 0 Å². The first-order valence-electron chi connectivity index (χ1n) is 6.80. The summed E-state index contributed by atoms with van der Waals surface area (Å²) in [5.41, 5.74) is 4.31. The Morgan fingerprint density at radius 1 is 1.05 bits per heavy atom. The van der Waals surface area contributed by atoms with Gasteiger partial charge in [0.1, 0.15) is 17.4 Å². The molecule has 106 valence electrons. The molecule has 2 rings (SSSR count). The molecule has 0 aliphatic carbocycles. The summed E-state index contributed by atoms with van der Waals surface area (Å²) in [5.74, 6) is 2.54. The topological polar surface area (TPSA) is 47.0 Å². The highest BCUT2D eigenvalue weighted by Gasteiger charge is 2.10. The van der Waals surface area contributed by atoms with Crippen molar-refractivity contribution in [2.45, 2.75) is 27.7 Å². The Morgan fingerprint density at radius 3 is 2.45 bits per heavy atom. The number of aromatic nitrogens is 2. The highest BCUT2D eigenvalue weighted by molar-refractivity contribution is 5.68. The molecule has 0 spiro atoms. The zero-order valence-electron chi connectivity index (χ0n) is 12.7. The van der Waals surface area contributed by atoms with Crippen LogP contribution in [0, 0.1) is 20.8 Å². The lowest BCUT2D eigenvalue weighted by atomic mass is 10.0. The normalized spacial score (nSPS) is 10.4. The first-order valence-corrected chi connectivity index (χ1v) is 6.80. The van der Waals surface area contributed by atoms with Crippen LogP contribution in [0.5, 0.6) is 5.75 Å². The lowest BCUT2D eigenvalue weighted by Gasteiger charge is -2.12. The van der Waals surface area contributed by atoms with Crippen LogP contribution in [0.2, 0.25) is 0 Å². The summed E-state index contributed by atoms with van der Waals surface area (Å²) in [5, 5.41) is 3.24. The number of aryl methyl sites for hydroxylation is 3. The van der Waals surface area contributed by atoms with Gasteiger partial charge in [-0.3, -0.25) is 0 Å². The standard InChI is InChI=1S/C16H21N3O/c1-6-17-16-9-14(18-12(4)19-16)13-7-11(3)15(20-5)8-10(13)2/h7-9H,6H2,1-5H3,(H,17,18,19). The number of methoxy groups -OCH3 is 1. The number of rotatable bonds is 4. The molecule has 0 atom stereocenters. The molecule has 20 heavy (non-hydrogen) atoms. The Balaban J connectivity index is 2.53. The van der Waals surface area contributed by atoms with Crippen molar-refractivity contribution in [3.63, 3.8) is 0 Å². The second-order valence-corrected chi connectivity index (χ2v) is 4.85. The van der Waals surface area contributed by atoms with Gasteiger partial charge in [0.05, 0.1) is 12.8 Å². The van der Waals surface area contributed by atoms with E-state index in [1.54, 1.807) is 7.11 Å². The summed E-state index contributed by atoms with van der Waals surface area (Å²) in [7, 11) is 1.69. The molecule has 0 aliphatic heterocycles. The highest BCUT2D eigenvalue weighted by Crippen LogP contribution is 2.29. The molecule has 0 unspecified atom stereocenters. The minimum Gasteiger partial charge on any atom is -0.496 e. The Bertz CT molecular complexity index is 623. The van der Waals surface area contributed by atoms with Gasteiger partial charge in [-0.1, -0.05) is 0 Å². The minimum absolute atomic E-state index is 0.770. The first kappa shape index (κ1) is 14.3. The third-order valence-electron chi connectivity index (χ3n) is 3.21. The molecule has 0 bridgehead atoms. The molecule has 4 nitrogen and oxygen atoms in total. The summed E-state index contributed by atoms with van der Waals surface area (Å²) in [6.45, 7) is 8.93. The highest BCUT2D eigenvalue weighted by atomic mass is 16.5. The van der Waals surface area contributed by atoms with E-state index in [0.29, 0.717) is 0 Å². The molecule has 2 aromatic rings. The molecule has 0 saturated carbocycles. The maximum absolute atomic E-state index is 5.36. The van der Waals surface area contributed by atoms with Crippen LogP contribution in [0.1, 0.15) is 23.9 Å². The van der Waals surface area contributed by atoms with Crippen LogP contribution in [0.25, 0.3) is 11.3 Å². The maximum atomic E-state index is 5.36. The SMILES string of the molecule is CCNc1cc(-c2cc(C)c(OC)cc2C)nc(C)n1. The fraction of sp³-hybridized carbons (Fsp3) is 0.375. The Labute approximate surface area is 120 Å². The minimum atomic E-state index is 0.770. The zero-order valence-corrected chi connectivity index (χ0v) is 12.7. The molecular weight excluding hydrogens is 250 g/mol. The van der Waals surface area contributed by atoms with Gasteiger partial charge in [0.15, 0.2) is 0 Å². The van der Waals surface area contributed by atoms with Crippen molar-refractivity contribution in [1.82, 2.24) is 9.97 Å². The second-order valence-electron chi connectivity index (χ2n) is 4.85. The van der Waals surface area contributed by atoms with Gasteiger partial charge in [-0.25, -0.2) is 9.97 Å². The zero-order chi connectivity index (χ0) is 14.7. The van der Waals surface area contributed by atoms with E-state index in [4.69, 9.17) is 4.74 Å². The van der Waals surface area contributed by atoms with Crippen molar-refractivity contribution in [1.29, 1.82) is 0 Å². The molecule has 4 heteroatoms. The predicted molar refractivity (Wildman–Crippen MR) is 82.4 cm³/mol. The maximum Gasteiger partial charge on any atom is 0.130 e. The summed E-state index contributed by atoms with van der Waals surface area (Å²) < 4.78 is 5.36. The van der Waals surface area contributed by atoms with E-state index < -0.39 is 0 Å². The number of hydrogen-bond donors (Lipinski definition) is 1. The van der Waals surface area contributed by atoms with Crippen molar-refractivity contribution in [2.24, 2.45) is 0 Å². The molecule has 0 amide bonds. The van der Waals surface area contributed by atoms with Crippen LogP contribution in [0.15, 0.2) is 18.2 Å². The van der Waals surface area contributed by atoms with E-state index >= 15 is 0 Å². The number of nitrogens with one attached hydrogen (secondary N) is 1. The lowest BCUT2D eigenvalue weighted by molar-refractivity contribution is 0.411. The van der Waals surface area contributed by atoms with Crippen LogP contribution >= 0.6 is 0 Å². The molecule has 0 fully saturated rings. The van der Waals surface area contributed by atoms with Gasteiger partial charge in [0, 0.05) is 18.2 Å². The van der Waals surface area contributed by atoms with Gasteiger partial charge in [-0.2, -0.15) is 0 Å². The average molecular weight is 271 g/mol. The Kier molecular flexibility index (Phi) is 4.23. The van der Waals surface area contributed by atoms with Crippen molar-refractivity contribution in [2.75, 3.05) is 19.0 Å². The Hall–Kier alpha value is -2.10. The second kappa shape index (κ2) is 5.90. The summed E-state index contributed by atoms with van der Waals surface area (Å²) in [4.78, 5) is 8.94. The first-order chi connectivity index (χ1) is 9.55. The van der Waals surface area contributed by atoms with Gasteiger partial charge in [-0.05, 0) is 51.0 Å². The van der Waals surface area contributed by atoms with Crippen molar-refractivity contribution < 1.29 is 4.74 Å². The number of anilines is 1. The smallest absolute Gasteiger partial charge is 0.130 e. The predicted octanol–water partition coefficient (Wildman–Crippen LogP) is 3.51. The van der Waals surface area contributed by atoms with Crippen LogP contribution < -0.4 is 10.1 Å². The molecule has 1 aromatic heterocycles. The van der Waals surface area contributed by atoms with Gasteiger partial charge in [-0.15, -0.1) is 0 Å². The average Bonchev–Trinajstić information content (AvgIpc) is 2.40. The molecular formula is C16H21N3O. The van der Waals surface area contributed by atoms with E-state index in [0.717, 1.165) is 46.3 Å². The van der Waals surface area contributed by atoms with Crippen LogP contribution in [-0.4, -0.2) is 23.6 Å². The van der Waals surface area contributed by atoms with Gasteiger partial charge in [0.25, 0.3) is 0 Å². The monoisotopic (exact) mass is 271 g/mol. The van der Waals surface area contributed by atoms with Crippen molar-refractivity contribution in [3.8, 4) is 17.0 Å². The van der Waals surface area contributed by atoms with Gasteiger partial charge < -0.3 is 10.1 Å². The van der Waals surface area contributed by atoms with E-state index in [1.165, 1.54) is 0 Å². The van der Waals surface area contributed by atoms with Crippen LogP contribution in [0.3, 0.4) is 0 Å². The molecule has 0 saturated heterocycles. The molecule has 1 aromatic carbocycles. The van der Waals surface area contributed by atoms with Crippen LogP contribution in [0.4, 0.5) is 5.82 Å². The Morgan fingerprint density at radius 2 is 1.80 bits per heavy atom. The van der Waals surface area contributed by atoms with Crippen molar-refractivity contribution >= 4 is 5.82 Å². The third-order valence-corrected chi connectivity index (χ3v) is 3.21. The fourth-order valence-electron chi connectivity index (χ4n) is 2.26. The van der Waals surface area contributed by atoms with Crippen LogP contribution in [-0.2, 0) is 0 Å². The summed E-state index contributed by atoms with van der Waals surface area (Å²) >= 11 is 0. The fourth-order valence-corrected chi connectivity index (χ4v) is 2.26. The third kappa shape index (κ3) is 2.90. The van der Waals surface area contributed by atoms with E-state index in [1.807, 2.05) is 19.9 Å². The molecule has 0 aliphatic rings. The van der Waals surface area contributed by atoms with Crippen molar-refractivity contribution in [3.05, 3.63) is 35.2 Å². The quantitative estimate of drug-likeness (QED) is 0.924. The number of hydrogen-bond acceptors (Lipinski definition) is 4. The summed E-state index contributed by atoms with van der Waals surface area (Å²) in [6, 6.07) is 6.16. The molecule has 1 heterocycles. The van der Waals surface area contributed by atoms with Gasteiger partial charge in [0.2, 0.25) is 0 Å². The van der Waals surface area contributed by atoms with Gasteiger partial charge >= 0.3 is 0 Å². The number of ether oxygens (including phenoxy) is 1. The number of benzene rings is 1. The lowest BCUT2D eigenvalue weighted by Crippen LogP contribution is -2.03. The largest absolute Gasteiger partial charge is 0.496 e.